The second kappa shape index (κ2) is 10.6. The molecule has 1 aromatic rings. The lowest BCUT2D eigenvalue weighted by Crippen LogP contribution is -2.31. The molecule has 0 amide bonds. The van der Waals surface area contributed by atoms with Crippen LogP contribution in [0.1, 0.15) is 33.6 Å². The molecule has 0 radical (unpaired) electrons. The van der Waals surface area contributed by atoms with Crippen molar-refractivity contribution in [1.82, 2.24) is 5.32 Å². The van der Waals surface area contributed by atoms with Crippen molar-refractivity contribution in [2.24, 2.45) is 0 Å². The minimum absolute atomic E-state index is 0.0176. The zero-order valence-corrected chi connectivity index (χ0v) is 17.7. The Morgan fingerprint density at radius 2 is 1.69 bits per heavy atom. The van der Waals surface area contributed by atoms with E-state index >= 15 is 0 Å². The Kier molecular flexibility index (Phi) is 9.47. The second-order valence-corrected chi connectivity index (χ2v) is 9.20. The van der Waals surface area contributed by atoms with E-state index in [4.69, 9.17) is 0 Å². The molecule has 0 aromatic heterocycles. The number of carbonyl (C=O) groups is 2. The normalized spacial score (nSPS) is 15.2. The molecular formula is C15H19INO7S2-. The highest BCUT2D eigenvalue weighted by Crippen LogP contribution is 2.17. The first-order chi connectivity index (χ1) is 12.1. The van der Waals surface area contributed by atoms with E-state index in [0.29, 0.717) is 11.0 Å². The maximum atomic E-state index is 12.3. The standard InChI is InChI=1S/C15H20INO7S2/c1-17-9-7-12(25(20)21)14(18)10-2-4-11(5-3-10)15(19)13(6-8-16)26(22,23)24/h2-5,12-13,17H,6-9H2,1H3,(H,20,21)(H,22,23,24)/p-1. The minimum atomic E-state index is -4.55. The Morgan fingerprint density at radius 1 is 1.19 bits per heavy atom. The first-order valence-electron chi connectivity index (χ1n) is 7.56. The van der Waals surface area contributed by atoms with Crippen molar-refractivity contribution in [3.63, 3.8) is 0 Å². The number of halogens is 1. The molecule has 0 spiro atoms. The number of hydrogen-bond donors (Lipinski definition) is 2. The summed E-state index contributed by atoms with van der Waals surface area (Å²) >= 11 is -0.694. The molecule has 26 heavy (non-hydrogen) atoms. The zero-order chi connectivity index (χ0) is 19.9. The van der Waals surface area contributed by atoms with Gasteiger partial charge < -0.3 is 9.87 Å². The lowest BCUT2D eigenvalue weighted by Gasteiger charge is -2.18. The van der Waals surface area contributed by atoms with E-state index in [1.54, 1.807) is 7.05 Å². The van der Waals surface area contributed by atoms with Crippen molar-refractivity contribution in [1.29, 1.82) is 0 Å². The molecular weight excluding hydrogens is 497 g/mol. The number of rotatable bonds is 11. The molecule has 11 heteroatoms. The fourth-order valence-corrected chi connectivity index (χ4v) is 4.76. The topological polar surface area (TPSA) is 141 Å². The van der Waals surface area contributed by atoms with Gasteiger partial charge in [-0.25, -0.2) is 0 Å². The molecule has 146 valence electrons. The molecule has 1 aromatic carbocycles. The molecule has 8 nitrogen and oxygen atoms in total. The lowest BCUT2D eigenvalue weighted by atomic mass is 10.0. The number of ketones is 2. The summed E-state index contributed by atoms with van der Waals surface area (Å²) in [5, 5.41) is -0.0146. The molecule has 0 saturated heterocycles. The number of hydrogen-bond acceptors (Lipinski definition) is 7. The highest BCUT2D eigenvalue weighted by Gasteiger charge is 2.31. The first-order valence-corrected chi connectivity index (χ1v) is 11.7. The third-order valence-corrected chi connectivity index (χ3v) is 6.36. The molecule has 1 rings (SSSR count). The summed E-state index contributed by atoms with van der Waals surface area (Å²) in [6, 6.07) is 5.06. The van der Waals surface area contributed by atoms with E-state index < -0.39 is 43.3 Å². The van der Waals surface area contributed by atoms with Crippen LogP contribution < -0.4 is 5.32 Å². The second-order valence-electron chi connectivity index (χ2n) is 5.43. The molecule has 0 bridgehead atoms. The monoisotopic (exact) mass is 516 g/mol. The molecule has 0 heterocycles. The van der Waals surface area contributed by atoms with Crippen LogP contribution in [-0.2, 0) is 21.2 Å². The number of alkyl halides is 1. The Labute approximate surface area is 168 Å². The number of Topliss-reactive ketones (excluding diaryl/α,β-unsaturated/α-hetero) is 2. The average Bonchev–Trinajstić information content (AvgIpc) is 2.58. The van der Waals surface area contributed by atoms with Gasteiger partial charge in [-0.05, 0) is 37.5 Å². The van der Waals surface area contributed by atoms with Gasteiger partial charge in [0.2, 0.25) is 0 Å². The first kappa shape index (κ1) is 23.3. The van der Waals surface area contributed by atoms with Crippen molar-refractivity contribution < 1.29 is 31.3 Å². The van der Waals surface area contributed by atoms with Crippen molar-refractivity contribution in [3.8, 4) is 0 Å². The van der Waals surface area contributed by atoms with Crippen LogP contribution in [0.15, 0.2) is 24.3 Å². The van der Waals surface area contributed by atoms with Crippen molar-refractivity contribution >= 4 is 55.4 Å². The van der Waals surface area contributed by atoms with Crippen LogP contribution in [-0.4, -0.2) is 61.8 Å². The van der Waals surface area contributed by atoms with Crippen molar-refractivity contribution in [2.45, 2.75) is 23.3 Å². The lowest BCUT2D eigenvalue weighted by molar-refractivity contribution is 0.0971. The summed E-state index contributed by atoms with van der Waals surface area (Å²) < 4.78 is 54.9. The quantitative estimate of drug-likeness (QED) is 0.146. The summed E-state index contributed by atoms with van der Waals surface area (Å²) in [5.41, 5.74) is 0.119. The van der Waals surface area contributed by atoms with E-state index in [1.165, 1.54) is 24.3 Å². The summed E-state index contributed by atoms with van der Waals surface area (Å²) in [4.78, 5) is 24.6. The molecule has 3 unspecified atom stereocenters. The van der Waals surface area contributed by atoms with Crippen LogP contribution in [0, 0.1) is 0 Å². The number of carbonyl (C=O) groups excluding carboxylic acids is 2. The van der Waals surface area contributed by atoms with Gasteiger partial charge in [-0.1, -0.05) is 46.9 Å². The SMILES string of the molecule is CNCCC(C(=O)c1ccc(C(=O)C(CCI)S(=O)(=O)O)cc1)S(=O)[O-]. The summed E-state index contributed by atoms with van der Waals surface area (Å²) in [5.74, 6) is -1.38. The average molecular weight is 516 g/mol. The zero-order valence-electron chi connectivity index (χ0n) is 13.9. The van der Waals surface area contributed by atoms with E-state index in [9.17, 15) is 31.3 Å². The molecule has 0 aliphatic heterocycles. The summed E-state index contributed by atoms with van der Waals surface area (Å²) in [6.07, 6.45) is 0.0623. The predicted octanol–water partition coefficient (Wildman–Crippen LogP) is 0.991. The van der Waals surface area contributed by atoms with Gasteiger partial charge >= 0.3 is 0 Å². The van der Waals surface area contributed by atoms with Crippen LogP contribution in [0.3, 0.4) is 0 Å². The van der Waals surface area contributed by atoms with Gasteiger partial charge in [0.1, 0.15) is 5.25 Å². The smallest absolute Gasteiger partial charge is 0.275 e. The highest BCUT2D eigenvalue weighted by atomic mass is 127. The van der Waals surface area contributed by atoms with Crippen LogP contribution in [0.4, 0.5) is 0 Å². The van der Waals surface area contributed by atoms with Gasteiger partial charge in [-0.3, -0.25) is 18.4 Å². The molecule has 3 atom stereocenters. The van der Waals surface area contributed by atoms with Gasteiger partial charge in [0.15, 0.2) is 11.6 Å². The molecule has 0 saturated carbocycles. The fraction of sp³-hybridized carbons (Fsp3) is 0.467. The van der Waals surface area contributed by atoms with Crippen LogP contribution in [0.2, 0.25) is 0 Å². The highest BCUT2D eigenvalue weighted by molar-refractivity contribution is 14.1. The van der Waals surface area contributed by atoms with E-state index in [2.05, 4.69) is 5.32 Å². The van der Waals surface area contributed by atoms with Gasteiger partial charge in [0.05, 0.1) is 5.25 Å². The van der Waals surface area contributed by atoms with Crippen LogP contribution >= 0.6 is 22.6 Å². The van der Waals surface area contributed by atoms with E-state index in [-0.39, 0.29) is 24.0 Å². The Balaban J connectivity index is 3.05. The minimum Gasteiger partial charge on any atom is -0.772 e. The van der Waals surface area contributed by atoms with Gasteiger partial charge in [-0.15, -0.1) is 0 Å². The van der Waals surface area contributed by atoms with Gasteiger partial charge in [0.25, 0.3) is 10.1 Å². The molecule has 0 aliphatic rings. The maximum absolute atomic E-state index is 12.3. The largest absolute Gasteiger partial charge is 0.772 e. The van der Waals surface area contributed by atoms with Crippen LogP contribution in [0.5, 0.6) is 0 Å². The van der Waals surface area contributed by atoms with E-state index in [1.807, 2.05) is 22.6 Å². The molecule has 0 aliphatic carbocycles. The Hall–Kier alpha value is -0.730. The third kappa shape index (κ3) is 6.46. The summed E-state index contributed by atoms with van der Waals surface area (Å²) in [6.45, 7) is 0.341. The summed E-state index contributed by atoms with van der Waals surface area (Å²) in [7, 11) is -2.91. The van der Waals surface area contributed by atoms with Gasteiger partial charge in [0, 0.05) is 15.6 Å². The third-order valence-electron chi connectivity index (χ3n) is 3.66. The molecule has 2 N–H and O–H groups in total. The molecule has 0 fully saturated rings. The van der Waals surface area contributed by atoms with Crippen molar-refractivity contribution in [3.05, 3.63) is 35.4 Å². The fourth-order valence-electron chi connectivity index (χ4n) is 2.28. The number of nitrogens with one attached hydrogen (secondary N) is 1. The van der Waals surface area contributed by atoms with Crippen molar-refractivity contribution in [2.75, 3.05) is 18.0 Å². The Morgan fingerprint density at radius 3 is 2.08 bits per heavy atom. The number of benzene rings is 1. The van der Waals surface area contributed by atoms with Gasteiger partial charge in [-0.2, -0.15) is 8.42 Å². The van der Waals surface area contributed by atoms with E-state index in [0.717, 1.165) is 0 Å². The Bertz CT molecular complexity index is 765. The maximum Gasteiger partial charge on any atom is 0.275 e. The van der Waals surface area contributed by atoms with Crippen LogP contribution in [0.25, 0.3) is 0 Å². The predicted molar refractivity (Wildman–Crippen MR) is 105 cm³/mol.